The Bertz CT molecular complexity index is 742. The molecule has 0 saturated heterocycles. The van der Waals surface area contributed by atoms with Crippen LogP contribution < -0.4 is 4.72 Å². The van der Waals surface area contributed by atoms with E-state index in [1.165, 1.54) is 11.8 Å². The average Bonchev–Trinajstić information content (AvgIpc) is 2.95. The predicted octanol–water partition coefficient (Wildman–Crippen LogP) is 2.06. The minimum absolute atomic E-state index is 0.0543. The molecule has 2 unspecified atom stereocenters. The van der Waals surface area contributed by atoms with Crippen molar-refractivity contribution >= 4 is 26.0 Å². The molecule has 1 aliphatic rings. The number of fused-ring (bicyclic) bond motifs is 1. The minimum atomic E-state index is -3.60. The number of benzene rings is 1. The second kappa shape index (κ2) is 4.98. The Morgan fingerprint density at radius 1 is 1.40 bits per heavy atom. The maximum atomic E-state index is 12.4. The van der Waals surface area contributed by atoms with Crippen LogP contribution in [0.5, 0.6) is 0 Å². The van der Waals surface area contributed by atoms with E-state index in [1.54, 1.807) is 6.92 Å². The molecule has 0 saturated carbocycles. The fraction of sp³-hybridized carbons (Fsp3) is 0.308. The van der Waals surface area contributed by atoms with Crippen molar-refractivity contribution < 1.29 is 8.42 Å². The lowest BCUT2D eigenvalue weighted by Gasteiger charge is -2.17. The van der Waals surface area contributed by atoms with Crippen LogP contribution in [-0.4, -0.2) is 23.2 Å². The number of aromatic amines is 1. The van der Waals surface area contributed by atoms with E-state index < -0.39 is 10.0 Å². The zero-order valence-corrected chi connectivity index (χ0v) is 13.2. The molecule has 1 aromatic carbocycles. The van der Waals surface area contributed by atoms with Gasteiger partial charge in [0, 0.05) is 4.83 Å². The number of halogens is 1. The zero-order valence-electron chi connectivity index (χ0n) is 10.8. The molecule has 0 bridgehead atoms. The van der Waals surface area contributed by atoms with Gasteiger partial charge in [-0.25, -0.2) is 18.1 Å². The van der Waals surface area contributed by atoms with Gasteiger partial charge in [0.2, 0.25) is 0 Å². The van der Waals surface area contributed by atoms with Crippen molar-refractivity contribution in [3.8, 4) is 0 Å². The molecule has 1 aromatic heterocycles. The van der Waals surface area contributed by atoms with E-state index in [9.17, 15) is 8.42 Å². The summed E-state index contributed by atoms with van der Waals surface area (Å²) >= 11 is 3.56. The highest BCUT2D eigenvalue weighted by Crippen LogP contribution is 2.36. The largest absolute Gasteiger partial charge is 0.332 e. The van der Waals surface area contributed by atoms with E-state index in [4.69, 9.17) is 0 Å². The SMILES string of the molecule is Cc1ncc(S(=O)(=O)NC2c3ccccc3CC2Br)[nH]1. The summed E-state index contributed by atoms with van der Waals surface area (Å²) in [5.41, 5.74) is 2.19. The Balaban J connectivity index is 1.92. The fourth-order valence-corrected chi connectivity index (χ4v) is 4.62. The number of imidazole rings is 1. The van der Waals surface area contributed by atoms with Crippen molar-refractivity contribution in [3.05, 3.63) is 47.4 Å². The first-order valence-electron chi connectivity index (χ1n) is 6.23. The van der Waals surface area contributed by atoms with Gasteiger partial charge in [0.05, 0.1) is 12.2 Å². The van der Waals surface area contributed by atoms with Crippen LogP contribution in [0, 0.1) is 6.92 Å². The molecule has 1 aliphatic carbocycles. The predicted molar refractivity (Wildman–Crippen MR) is 79.2 cm³/mol. The molecule has 7 heteroatoms. The monoisotopic (exact) mass is 355 g/mol. The smallest absolute Gasteiger partial charge is 0.258 e. The van der Waals surface area contributed by atoms with Crippen LogP contribution in [0.2, 0.25) is 0 Å². The van der Waals surface area contributed by atoms with Gasteiger partial charge in [-0.1, -0.05) is 40.2 Å². The highest BCUT2D eigenvalue weighted by Gasteiger charge is 2.34. The van der Waals surface area contributed by atoms with E-state index >= 15 is 0 Å². The van der Waals surface area contributed by atoms with Crippen molar-refractivity contribution in [3.63, 3.8) is 0 Å². The lowest BCUT2D eigenvalue weighted by Crippen LogP contribution is -2.32. The van der Waals surface area contributed by atoms with Crippen LogP contribution in [0.15, 0.2) is 35.5 Å². The summed E-state index contributed by atoms with van der Waals surface area (Å²) in [6, 6.07) is 7.61. The summed E-state index contributed by atoms with van der Waals surface area (Å²) in [4.78, 5) is 6.74. The van der Waals surface area contributed by atoms with Crippen molar-refractivity contribution in [1.29, 1.82) is 0 Å². The minimum Gasteiger partial charge on any atom is -0.332 e. The van der Waals surface area contributed by atoms with Gasteiger partial charge in [0.25, 0.3) is 10.0 Å². The normalized spacial score (nSPS) is 21.9. The van der Waals surface area contributed by atoms with E-state index in [-0.39, 0.29) is 15.9 Å². The van der Waals surface area contributed by atoms with Gasteiger partial charge < -0.3 is 4.98 Å². The quantitative estimate of drug-likeness (QED) is 0.827. The van der Waals surface area contributed by atoms with Crippen LogP contribution in [-0.2, 0) is 16.4 Å². The third kappa shape index (κ3) is 2.41. The molecular formula is C13H14BrN3O2S. The number of sulfonamides is 1. The highest BCUT2D eigenvalue weighted by molar-refractivity contribution is 9.09. The molecule has 3 rings (SSSR count). The van der Waals surface area contributed by atoms with Gasteiger partial charge in [-0.05, 0) is 24.5 Å². The molecule has 20 heavy (non-hydrogen) atoms. The number of nitrogens with one attached hydrogen (secondary N) is 2. The third-order valence-corrected chi connectivity index (χ3v) is 5.62. The van der Waals surface area contributed by atoms with Gasteiger partial charge in [0.1, 0.15) is 5.82 Å². The summed E-state index contributed by atoms with van der Waals surface area (Å²) in [6.45, 7) is 1.72. The highest BCUT2D eigenvalue weighted by atomic mass is 79.9. The molecule has 106 valence electrons. The van der Waals surface area contributed by atoms with E-state index in [1.807, 2.05) is 24.3 Å². The van der Waals surface area contributed by atoms with Crippen molar-refractivity contribution in [2.24, 2.45) is 0 Å². The van der Waals surface area contributed by atoms with Gasteiger partial charge >= 0.3 is 0 Å². The average molecular weight is 356 g/mol. The second-order valence-electron chi connectivity index (χ2n) is 4.85. The molecule has 0 fully saturated rings. The third-order valence-electron chi connectivity index (χ3n) is 3.42. The van der Waals surface area contributed by atoms with Crippen molar-refractivity contribution in [1.82, 2.24) is 14.7 Å². The molecule has 2 atom stereocenters. The van der Waals surface area contributed by atoms with Gasteiger partial charge in [0.15, 0.2) is 5.03 Å². The Hall–Kier alpha value is -1.18. The number of aryl methyl sites for hydroxylation is 1. The number of H-pyrrole nitrogens is 1. The molecule has 5 nitrogen and oxygen atoms in total. The number of hydrogen-bond donors (Lipinski definition) is 2. The van der Waals surface area contributed by atoms with Crippen LogP contribution in [0.3, 0.4) is 0 Å². The van der Waals surface area contributed by atoms with Crippen LogP contribution in [0.1, 0.15) is 23.0 Å². The molecule has 0 aliphatic heterocycles. The Morgan fingerprint density at radius 2 is 2.15 bits per heavy atom. The van der Waals surface area contributed by atoms with E-state index in [2.05, 4.69) is 30.6 Å². The fourth-order valence-electron chi connectivity index (χ4n) is 2.45. The number of aromatic nitrogens is 2. The van der Waals surface area contributed by atoms with Crippen LogP contribution in [0.4, 0.5) is 0 Å². The summed E-state index contributed by atoms with van der Waals surface area (Å²) < 4.78 is 27.5. The molecule has 2 N–H and O–H groups in total. The van der Waals surface area contributed by atoms with E-state index in [0.29, 0.717) is 5.82 Å². The Morgan fingerprint density at radius 3 is 2.85 bits per heavy atom. The van der Waals surface area contributed by atoms with Gasteiger partial charge in [-0.2, -0.15) is 0 Å². The maximum absolute atomic E-state index is 12.4. The van der Waals surface area contributed by atoms with Crippen molar-refractivity contribution in [2.45, 2.75) is 29.2 Å². The maximum Gasteiger partial charge on any atom is 0.258 e. The van der Waals surface area contributed by atoms with Crippen molar-refractivity contribution in [2.75, 3.05) is 0 Å². The molecule has 0 radical (unpaired) electrons. The van der Waals surface area contributed by atoms with Gasteiger partial charge in [-0.3, -0.25) is 0 Å². The summed E-state index contributed by atoms with van der Waals surface area (Å²) in [5.74, 6) is 0.576. The van der Waals surface area contributed by atoms with Crippen LogP contribution in [0.25, 0.3) is 0 Å². The standard InChI is InChI=1S/C13H14BrN3O2S/c1-8-15-7-12(16-8)20(18,19)17-13-10-5-3-2-4-9(10)6-11(13)14/h2-5,7,11,13,17H,6H2,1H3,(H,15,16). The Kier molecular flexibility index (Phi) is 3.43. The number of hydrogen-bond acceptors (Lipinski definition) is 3. The molecule has 2 aromatic rings. The molecule has 0 spiro atoms. The summed E-state index contributed by atoms with van der Waals surface area (Å²) in [6.07, 6.45) is 2.15. The summed E-state index contributed by atoms with van der Waals surface area (Å²) in [7, 11) is -3.60. The zero-order chi connectivity index (χ0) is 14.3. The number of rotatable bonds is 3. The van der Waals surface area contributed by atoms with E-state index in [0.717, 1.165) is 12.0 Å². The first-order chi connectivity index (χ1) is 9.47. The Labute approximate surface area is 126 Å². The first kappa shape index (κ1) is 13.8. The number of alkyl halides is 1. The lowest BCUT2D eigenvalue weighted by molar-refractivity contribution is 0.556. The number of nitrogens with zero attached hydrogens (tertiary/aromatic N) is 1. The summed E-state index contributed by atoms with van der Waals surface area (Å²) in [5, 5.41) is 0.0964. The second-order valence-corrected chi connectivity index (χ2v) is 7.71. The van der Waals surface area contributed by atoms with Crippen LogP contribution >= 0.6 is 15.9 Å². The topological polar surface area (TPSA) is 74.8 Å². The van der Waals surface area contributed by atoms with Gasteiger partial charge in [-0.15, -0.1) is 0 Å². The molecular weight excluding hydrogens is 342 g/mol. The molecule has 0 amide bonds. The first-order valence-corrected chi connectivity index (χ1v) is 8.63. The molecule has 1 heterocycles. The lowest BCUT2D eigenvalue weighted by atomic mass is 10.1.